The van der Waals surface area contributed by atoms with E-state index in [1.165, 1.54) is 0 Å². The van der Waals surface area contributed by atoms with E-state index in [2.05, 4.69) is 15.3 Å². The average Bonchev–Trinajstić information content (AvgIpc) is 3.08. The van der Waals surface area contributed by atoms with E-state index < -0.39 is 0 Å². The Morgan fingerprint density at radius 3 is 2.67 bits per heavy atom. The first kappa shape index (κ1) is 13.1. The van der Waals surface area contributed by atoms with Gasteiger partial charge in [-0.3, -0.25) is 14.8 Å². The Labute approximate surface area is 121 Å². The number of carbonyl (C=O) groups excluding carboxylic acids is 1. The van der Waals surface area contributed by atoms with Crippen LogP contribution in [0.15, 0.2) is 65.9 Å². The van der Waals surface area contributed by atoms with E-state index in [0.29, 0.717) is 12.1 Å². The SMILES string of the molecule is O=C(NCc1ccc(-c2ccoc2)nc1)c1ccncc1. The van der Waals surface area contributed by atoms with E-state index in [4.69, 9.17) is 4.42 Å². The monoisotopic (exact) mass is 279 g/mol. The molecule has 0 aromatic carbocycles. The summed E-state index contributed by atoms with van der Waals surface area (Å²) in [5.74, 6) is -0.128. The summed E-state index contributed by atoms with van der Waals surface area (Å²) in [6, 6.07) is 9.04. The van der Waals surface area contributed by atoms with E-state index in [-0.39, 0.29) is 5.91 Å². The number of nitrogens with zero attached hydrogens (tertiary/aromatic N) is 2. The first-order valence-corrected chi connectivity index (χ1v) is 6.48. The lowest BCUT2D eigenvalue weighted by Crippen LogP contribution is -2.22. The molecule has 0 saturated carbocycles. The maximum atomic E-state index is 11.9. The molecule has 21 heavy (non-hydrogen) atoms. The van der Waals surface area contributed by atoms with Crippen LogP contribution in [0.4, 0.5) is 0 Å². The Hall–Kier alpha value is -2.95. The molecule has 5 nitrogen and oxygen atoms in total. The molecule has 3 rings (SSSR count). The van der Waals surface area contributed by atoms with Gasteiger partial charge in [0.1, 0.15) is 0 Å². The van der Waals surface area contributed by atoms with Gasteiger partial charge in [0.15, 0.2) is 0 Å². The second kappa shape index (κ2) is 6.00. The molecule has 0 unspecified atom stereocenters. The number of aromatic nitrogens is 2. The molecule has 104 valence electrons. The normalized spacial score (nSPS) is 10.3. The molecule has 0 saturated heterocycles. The Bertz CT molecular complexity index is 707. The minimum absolute atomic E-state index is 0.128. The zero-order valence-electron chi connectivity index (χ0n) is 11.2. The van der Waals surface area contributed by atoms with Crippen LogP contribution in [0.3, 0.4) is 0 Å². The Morgan fingerprint density at radius 1 is 1.14 bits per heavy atom. The lowest BCUT2D eigenvalue weighted by Gasteiger charge is -2.05. The molecule has 3 aromatic rings. The second-order valence-electron chi connectivity index (χ2n) is 4.48. The number of hydrogen-bond donors (Lipinski definition) is 1. The molecule has 0 atom stereocenters. The van der Waals surface area contributed by atoms with Gasteiger partial charge >= 0.3 is 0 Å². The van der Waals surface area contributed by atoms with Crippen molar-refractivity contribution in [2.24, 2.45) is 0 Å². The van der Waals surface area contributed by atoms with E-state index in [1.54, 1.807) is 43.2 Å². The van der Waals surface area contributed by atoms with Crippen molar-refractivity contribution in [2.45, 2.75) is 6.54 Å². The zero-order chi connectivity index (χ0) is 14.5. The third-order valence-electron chi connectivity index (χ3n) is 3.04. The van der Waals surface area contributed by atoms with Crippen LogP contribution in [0.5, 0.6) is 0 Å². The number of amides is 1. The largest absolute Gasteiger partial charge is 0.472 e. The molecule has 1 N–H and O–H groups in total. The van der Waals surface area contributed by atoms with Gasteiger partial charge in [-0.25, -0.2) is 0 Å². The van der Waals surface area contributed by atoms with Crippen LogP contribution in [-0.4, -0.2) is 15.9 Å². The van der Waals surface area contributed by atoms with Crippen LogP contribution in [0.2, 0.25) is 0 Å². The quantitative estimate of drug-likeness (QED) is 0.797. The van der Waals surface area contributed by atoms with Crippen LogP contribution in [0.25, 0.3) is 11.3 Å². The highest BCUT2D eigenvalue weighted by molar-refractivity contribution is 5.93. The molecular weight excluding hydrogens is 266 g/mol. The molecule has 0 aliphatic carbocycles. The molecule has 0 radical (unpaired) electrons. The summed E-state index contributed by atoms with van der Waals surface area (Å²) in [7, 11) is 0. The lowest BCUT2D eigenvalue weighted by molar-refractivity contribution is 0.0951. The Morgan fingerprint density at radius 2 is 2.00 bits per heavy atom. The summed E-state index contributed by atoms with van der Waals surface area (Å²) in [6.45, 7) is 0.430. The van der Waals surface area contributed by atoms with Gasteiger partial charge in [-0.05, 0) is 29.8 Å². The third kappa shape index (κ3) is 3.14. The Balaban J connectivity index is 1.62. The highest BCUT2D eigenvalue weighted by Gasteiger charge is 2.05. The highest BCUT2D eigenvalue weighted by atomic mass is 16.3. The summed E-state index contributed by atoms with van der Waals surface area (Å²) in [6.07, 6.45) is 8.19. The number of pyridine rings is 2. The van der Waals surface area contributed by atoms with Crippen molar-refractivity contribution in [1.82, 2.24) is 15.3 Å². The van der Waals surface area contributed by atoms with Gasteiger partial charge in [-0.1, -0.05) is 6.07 Å². The molecule has 0 spiro atoms. The molecule has 0 aliphatic heterocycles. The van der Waals surface area contributed by atoms with E-state index in [0.717, 1.165) is 16.8 Å². The van der Waals surface area contributed by atoms with Crippen LogP contribution in [0.1, 0.15) is 15.9 Å². The molecule has 0 bridgehead atoms. The summed E-state index contributed by atoms with van der Waals surface area (Å²) in [5, 5.41) is 2.84. The van der Waals surface area contributed by atoms with Gasteiger partial charge in [-0.15, -0.1) is 0 Å². The number of hydrogen-bond acceptors (Lipinski definition) is 4. The number of nitrogens with one attached hydrogen (secondary N) is 1. The molecule has 0 fully saturated rings. The number of carbonyl (C=O) groups is 1. The lowest BCUT2D eigenvalue weighted by atomic mass is 10.2. The van der Waals surface area contributed by atoms with E-state index >= 15 is 0 Å². The summed E-state index contributed by atoms with van der Waals surface area (Å²) >= 11 is 0. The first-order valence-electron chi connectivity index (χ1n) is 6.48. The van der Waals surface area contributed by atoms with Crippen molar-refractivity contribution < 1.29 is 9.21 Å². The average molecular weight is 279 g/mol. The number of rotatable bonds is 4. The molecule has 5 heteroatoms. The highest BCUT2D eigenvalue weighted by Crippen LogP contribution is 2.17. The zero-order valence-corrected chi connectivity index (χ0v) is 11.2. The van der Waals surface area contributed by atoms with Gasteiger partial charge in [-0.2, -0.15) is 0 Å². The predicted molar refractivity (Wildman–Crippen MR) is 77.3 cm³/mol. The van der Waals surface area contributed by atoms with Gasteiger partial charge in [0, 0.05) is 36.3 Å². The van der Waals surface area contributed by atoms with Crippen molar-refractivity contribution in [3.8, 4) is 11.3 Å². The second-order valence-corrected chi connectivity index (χ2v) is 4.48. The molecule has 0 aliphatic rings. The maximum Gasteiger partial charge on any atom is 0.251 e. The fourth-order valence-corrected chi connectivity index (χ4v) is 1.90. The Kier molecular flexibility index (Phi) is 3.73. The van der Waals surface area contributed by atoms with Crippen molar-refractivity contribution in [3.05, 3.63) is 72.6 Å². The fourth-order valence-electron chi connectivity index (χ4n) is 1.90. The van der Waals surface area contributed by atoms with Crippen molar-refractivity contribution >= 4 is 5.91 Å². The minimum Gasteiger partial charge on any atom is -0.472 e. The van der Waals surface area contributed by atoms with Crippen LogP contribution < -0.4 is 5.32 Å². The first-order chi connectivity index (χ1) is 10.3. The topological polar surface area (TPSA) is 68.0 Å². The molecule has 1 amide bonds. The summed E-state index contributed by atoms with van der Waals surface area (Å²) < 4.78 is 5.02. The van der Waals surface area contributed by atoms with Crippen molar-refractivity contribution in [1.29, 1.82) is 0 Å². The van der Waals surface area contributed by atoms with Crippen LogP contribution >= 0.6 is 0 Å². The fraction of sp³-hybridized carbons (Fsp3) is 0.0625. The summed E-state index contributed by atoms with van der Waals surface area (Å²) in [4.78, 5) is 20.1. The van der Waals surface area contributed by atoms with Gasteiger partial charge < -0.3 is 9.73 Å². The van der Waals surface area contributed by atoms with Gasteiger partial charge in [0.2, 0.25) is 0 Å². The third-order valence-corrected chi connectivity index (χ3v) is 3.04. The van der Waals surface area contributed by atoms with Crippen molar-refractivity contribution in [3.63, 3.8) is 0 Å². The van der Waals surface area contributed by atoms with Gasteiger partial charge in [0.25, 0.3) is 5.91 Å². The molecule has 3 aromatic heterocycles. The van der Waals surface area contributed by atoms with Crippen LogP contribution in [-0.2, 0) is 6.54 Å². The smallest absolute Gasteiger partial charge is 0.251 e. The standard InChI is InChI=1S/C16H13N3O2/c20-16(13-3-6-17-7-4-13)19-10-12-1-2-15(18-9-12)14-5-8-21-11-14/h1-9,11H,10H2,(H,19,20). The maximum absolute atomic E-state index is 11.9. The molecular formula is C16H13N3O2. The predicted octanol–water partition coefficient (Wildman–Crippen LogP) is 2.67. The van der Waals surface area contributed by atoms with Crippen LogP contribution in [0, 0.1) is 0 Å². The van der Waals surface area contributed by atoms with E-state index in [9.17, 15) is 4.79 Å². The van der Waals surface area contributed by atoms with Crippen molar-refractivity contribution in [2.75, 3.05) is 0 Å². The number of furan rings is 1. The minimum atomic E-state index is -0.128. The molecule has 3 heterocycles. The van der Waals surface area contributed by atoms with E-state index in [1.807, 2.05) is 18.2 Å². The summed E-state index contributed by atoms with van der Waals surface area (Å²) in [5.41, 5.74) is 3.30. The van der Waals surface area contributed by atoms with Gasteiger partial charge in [0.05, 0.1) is 18.2 Å².